The van der Waals surface area contributed by atoms with Crippen LogP contribution in [0.1, 0.15) is 23.7 Å². The van der Waals surface area contributed by atoms with Crippen LogP contribution in [0.2, 0.25) is 0 Å². The summed E-state index contributed by atoms with van der Waals surface area (Å²) in [6, 6.07) is 7.60. The molecule has 0 radical (unpaired) electrons. The second-order valence-electron chi connectivity index (χ2n) is 5.04. The summed E-state index contributed by atoms with van der Waals surface area (Å²) in [5.41, 5.74) is 1.60. The predicted molar refractivity (Wildman–Crippen MR) is 91.1 cm³/mol. The zero-order chi connectivity index (χ0) is 17.1. The van der Waals surface area contributed by atoms with Crippen molar-refractivity contribution in [3.05, 3.63) is 109 Å². The van der Waals surface area contributed by atoms with Gasteiger partial charge in [-0.15, -0.1) is 0 Å². The van der Waals surface area contributed by atoms with Crippen LogP contribution in [-0.2, 0) is 18.9 Å². The number of rotatable bonds is 6. The molecule has 2 heterocycles. The molecule has 0 fully saturated rings. The molecule has 2 aliphatic rings. The van der Waals surface area contributed by atoms with Gasteiger partial charge in [-0.05, 0) is 24.3 Å². The summed E-state index contributed by atoms with van der Waals surface area (Å²) in [6.45, 7) is 14.9. The number of ether oxygens (including phenoxy) is 4. The SMILES string of the molecule is C=CC1=C(C=C)OC(c2ccccc2C2OC(C=C)=C(C=C)O2)O1. The summed E-state index contributed by atoms with van der Waals surface area (Å²) in [7, 11) is 0. The monoisotopic (exact) mass is 322 g/mol. The third kappa shape index (κ3) is 2.63. The standard InChI is InChI=1S/C20H18O4/c1-5-15-16(6-2)22-19(21-15)13-11-9-10-12-14(13)20-23-17(7-3)18(8-4)24-20/h5-12,19-20H,1-4H2. The zero-order valence-corrected chi connectivity index (χ0v) is 13.2. The van der Waals surface area contributed by atoms with Crippen molar-refractivity contribution in [2.45, 2.75) is 12.6 Å². The molecule has 2 aliphatic heterocycles. The van der Waals surface area contributed by atoms with Gasteiger partial charge >= 0.3 is 0 Å². The Kier molecular flexibility index (Phi) is 4.29. The van der Waals surface area contributed by atoms with Crippen LogP contribution < -0.4 is 0 Å². The third-order valence-electron chi connectivity index (χ3n) is 3.67. The van der Waals surface area contributed by atoms with Crippen LogP contribution in [-0.4, -0.2) is 0 Å². The number of hydrogen-bond acceptors (Lipinski definition) is 4. The van der Waals surface area contributed by atoms with E-state index in [-0.39, 0.29) is 0 Å². The smallest absolute Gasteiger partial charge is 0.268 e. The Balaban J connectivity index is 1.89. The van der Waals surface area contributed by atoms with Crippen molar-refractivity contribution >= 4 is 0 Å². The molecule has 0 bridgehead atoms. The van der Waals surface area contributed by atoms with E-state index >= 15 is 0 Å². The van der Waals surface area contributed by atoms with Crippen molar-refractivity contribution in [3.8, 4) is 0 Å². The predicted octanol–water partition coefficient (Wildman–Crippen LogP) is 4.94. The first-order valence-corrected chi connectivity index (χ1v) is 7.45. The van der Waals surface area contributed by atoms with Crippen LogP contribution in [0.3, 0.4) is 0 Å². The van der Waals surface area contributed by atoms with Gasteiger partial charge in [-0.2, -0.15) is 0 Å². The Hall–Kier alpha value is -3.14. The quantitative estimate of drug-likeness (QED) is 0.743. The van der Waals surface area contributed by atoms with Gasteiger partial charge in [0.25, 0.3) is 12.6 Å². The van der Waals surface area contributed by atoms with E-state index < -0.39 is 12.6 Å². The van der Waals surface area contributed by atoms with Crippen molar-refractivity contribution in [3.63, 3.8) is 0 Å². The topological polar surface area (TPSA) is 36.9 Å². The molecule has 0 aliphatic carbocycles. The molecule has 24 heavy (non-hydrogen) atoms. The number of benzene rings is 1. The molecule has 0 saturated heterocycles. The minimum Gasteiger partial charge on any atom is -0.447 e. The molecule has 0 N–H and O–H groups in total. The lowest BCUT2D eigenvalue weighted by molar-refractivity contribution is -0.0561. The van der Waals surface area contributed by atoms with Crippen LogP contribution in [0.5, 0.6) is 0 Å². The van der Waals surface area contributed by atoms with Crippen LogP contribution in [0.15, 0.2) is 97.9 Å². The molecule has 0 amide bonds. The molecular weight excluding hydrogens is 304 g/mol. The van der Waals surface area contributed by atoms with Crippen molar-refractivity contribution in [2.75, 3.05) is 0 Å². The summed E-state index contributed by atoms with van der Waals surface area (Å²) in [5, 5.41) is 0. The minimum atomic E-state index is -0.616. The van der Waals surface area contributed by atoms with E-state index in [1.54, 1.807) is 24.3 Å². The van der Waals surface area contributed by atoms with E-state index in [0.717, 1.165) is 11.1 Å². The Bertz CT molecular complexity index is 665. The van der Waals surface area contributed by atoms with Gasteiger partial charge in [0, 0.05) is 11.1 Å². The van der Waals surface area contributed by atoms with Gasteiger partial charge in [0.05, 0.1) is 0 Å². The van der Waals surface area contributed by atoms with Crippen LogP contribution in [0.25, 0.3) is 0 Å². The fraction of sp³-hybridized carbons (Fsp3) is 0.100. The second kappa shape index (κ2) is 6.54. The maximum Gasteiger partial charge on any atom is 0.268 e. The molecule has 1 aromatic rings. The number of hydrogen-bond donors (Lipinski definition) is 0. The first kappa shape index (κ1) is 15.7. The minimum absolute atomic E-state index is 0.551. The van der Waals surface area contributed by atoms with Crippen LogP contribution in [0, 0.1) is 0 Å². The molecule has 0 saturated carbocycles. The average Bonchev–Trinajstić information content (AvgIpc) is 3.24. The van der Waals surface area contributed by atoms with E-state index in [0.29, 0.717) is 23.0 Å². The first-order valence-electron chi connectivity index (χ1n) is 7.45. The fourth-order valence-electron chi connectivity index (χ4n) is 2.53. The third-order valence-corrected chi connectivity index (χ3v) is 3.67. The van der Waals surface area contributed by atoms with Gasteiger partial charge in [-0.3, -0.25) is 0 Å². The molecule has 0 spiro atoms. The molecule has 122 valence electrons. The average molecular weight is 322 g/mol. The van der Waals surface area contributed by atoms with Crippen molar-refractivity contribution in [1.29, 1.82) is 0 Å². The molecular formula is C20H18O4. The Morgan fingerprint density at radius 2 is 0.875 bits per heavy atom. The Labute approximate surface area is 141 Å². The van der Waals surface area contributed by atoms with Crippen LogP contribution in [0.4, 0.5) is 0 Å². The summed E-state index contributed by atoms with van der Waals surface area (Å²) in [4.78, 5) is 0. The van der Waals surface area contributed by atoms with Gasteiger partial charge in [0.15, 0.2) is 23.0 Å². The molecule has 0 atom stereocenters. The van der Waals surface area contributed by atoms with E-state index in [9.17, 15) is 0 Å². The van der Waals surface area contributed by atoms with Gasteiger partial charge in [-0.1, -0.05) is 50.6 Å². The van der Waals surface area contributed by atoms with Crippen LogP contribution >= 0.6 is 0 Å². The Morgan fingerprint density at radius 1 is 0.583 bits per heavy atom. The molecule has 4 heteroatoms. The lowest BCUT2D eigenvalue weighted by atomic mass is 10.1. The highest BCUT2D eigenvalue weighted by atomic mass is 16.7. The normalized spacial score (nSPS) is 17.7. The fourth-order valence-corrected chi connectivity index (χ4v) is 2.53. The Morgan fingerprint density at radius 3 is 1.12 bits per heavy atom. The summed E-state index contributed by atoms with van der Waals surface area (Å²) in [6.07, 6.45) is 5.14. The number of allylic oxidation sites excluding steroid dienone is 4. The highest BCUT2D eigenvalue weighted by molar-refractivity contribution is 5.36. The maximum atomic E-state index is 5.81. The summed E-state index contributed by atoms with van der Waals surface area (Å²) >= 11 is 0. The first-order chi connectivity index (χ1) is 11.7. The van der Waals surface area contributed by atoms with Gasteiger partial charge < -0.3 is 18.9 Å². The summed E-state index contributed by atoms with van der Waals surface area (Å²) < 4.78 is 23.2. The lowest BCUT2D eigenvalue weighted by Gasteiger charge is -2.19. The largest absolute Gasteiger partial charge is 0.447 e. The molecule has 1 aromatic carbocycles. The molecule has 0 aromatic heterocycles. The highest BCUT2D eigenvalue weighted by Crippen LogP contribution is 2.41. The molecule has 3 rings (SSSR count). The highest BCUT2D eigenvalue weighted by Gasteiger charge is 2.33. The zero-order valence-electron chi connectivity index (χ0n) is 13.2. The summed E-state index contributed by atoms with van der Waals surface area (Å²) in [5.74, 6) is 2.20. The van der Waals surface area contributed by atoms with E-state index in [2.05, 4.69) is 26.3 Å². The maximum absolute atomic E-state index is 5.81. The lowest BCUT2D eigenvalue weighted by Crippen LogP contribution is -2.09. The van der Waals surface area contributed by atoms with E-state index in [4.69, 9.17) is 18.9 Å². The molecule has 4 nitrogen and oxygen atoms in total. The van der Waals surface area contributed by atoms with Crippen molar-refractivity contribution < 1.29 is 18.9 Å². The van der Waals surface area contributed by atoms with Gasteiger partial charge in [-0.25, -0.2) is 0 Å². The molecule has 0 unspecified atom stereocenters. The van der Waals surface area contributed by atoms with Gasteiger partial charge in [0.1, 0.15) is 0 Å². The second-order valence-corrected chi connectivity index (χ2v) is 5.04. The van der Waals surface area contributed by atoms with Crippen molar-refractivity contribution in [1.82, 2.24) is 0 Å². The van der Waals surface area contributed by atoms with Crippen molar-refractivity contribution in [2.24, 2.45) is 0 Å². The van der Waals surface area contributed by atoms with E-state index in [1.165, 1.54) is 0 Å². The van der Waals surface area contributed by atoms with Gasteiger partial charge in [0.2, 0.25) is 0 Å². The van der Waals surface area contributed by atoms with E-state index in [1.807, 2.05) is 24.3 Å².